The van der Waals surface area contributed by atoms with E-state index in [4.69, 9.17) is 11.6 Å². The first kappa shape index (κ1) is 26.7. The third-order valence-electron chi connectivity index (χ3n) is 6.06. The quantitative estimate of drug-likeness (QED) is 0.381. The van der Waals surface area contributed by atoms with Crippen molar-refractivity contribution in [2.24, 2.45) is 11.8 Å². The summed E-state index contributed by atoms with van der Waals surface area (Å²) in [6.07, 6.45) is 0.984. The number of amides is 1. The van der Waals surface area contributed by atoms with Crippen molar-refractivity contribution in [1.82, 2.24) is 9.62 Å². The summed E-state index contributed by atoms with van der Waals surface area (Å²) in [6, 6.07) is 17.8. The lowest BCUT2D eigenvalue weighted by Gasteiger charge is -2.34. The van der Waals surface area contributed by atoms with Gasteiger partial charge in [0.2, 0.25) is 10.0 Å². The van der Waals surface area contributed by atoms with Crippen LogP contribution in [-0.4, -0.2) is 31.7 Å². The molecule has 3 aromatic carbocycles. The number of nitrogens with one attached hydrogen (secondary N) is 1. The molecule has 1 fully saturated rings. The van der Waals surface area contributed by atoms with E-state index < -0.39 is 15.9 Å². The molecule has 36 heavy (non-hydrogen) atoms. The van der Waals surface area contributed by atoms with Crippen molar-refractivity contribution in [2.75, 3.05) is 13.1 Å². The Morgan fingerprint density at radius 1 is 1.06 bits per heavy atom. The zero-order chi connectivity index (χ0) is 25.9. The van der Waals surface area contributed by atoms with Crippen LogP contribution in [0.1, 0.15) is 36.2 Å². The predicted octanol–water partition coefficient (Wildman–Crippen LogP) is 6.23. The Morgan fingerprint density at radius 3 is 2.42 bits per heavy atom. The molecule has 0 aromatic heterocycles. The highest BCUT2D eigenvalue weighted by atomic mass is 35.5. The van der Waals surface area contributed by atoms with E-state index >= 15 is 0 Å². The molecule has 190 valence electrons. The van der Waals surface area contributed by atoms with Gasteiger partial charge in [-0.3, -0.25) is 4.79 Å². The molecule has 1 heterocycles. The van der Waals surface area contributed by atoms with Gasteiger partial charge in [-0.25, -0.2) is 12.8 Å². The molecule has 1 aliphatic heterocycles. The van der Waals surface area contributed by atoms with Crippen molar-refractivity contribution in [3.63, 3.8) is 0 Å². The third-order valence-corrected chi connectivity index (χ3v) is 9.19. The van der Waals surface area contributed by atoms with Gasteiger partial charge in [-0.05, 0) is 72.4 Å². The van der Waals surface area contributed by atoms with Gasteiger partial charge < -0.3 is 5.32 Å². The normalized spacial score (nSPS) is 18.7. The first-order chi connectivity index (χ1) is 17.1. The van der Waals surface area contributed by atoms with Crippen LogP contribution in [0.25, 0.3) is 0 Å². The van der Waals surface area contributed by atoms with Crippen LogP contribution in [0.3, 0.4) is 0 Å². The zero-order valence-corrected chi connectivity index (χ0v) is 22.5. The van der Waals surface area contributed by atoms with E-state index in [-0.39, 0.29) is 34.7 Å². The van der Waals surface area contributed by atoms with Gasteiger partial charge >= 0.3 is 0 Å². The van der Waals surface area contributed by atoms with Crippen molar-refractivity contribution in [3.8, 4) is 0 Å². The second-order valence-corrected chi connectivity index (χ2v) is 12.8. The summed E-state index contributed by atoms with van der Waals surface area (Å²) in [6.45, 7) is 5.20. The smallest absolute Gasteiger partial charge is 0.252 e. The number of sulfonamides is 1. The van der Waals surface area contributed by atoms with E-state index in [2.05, 4.69) is 19.2 Å². The van der Waals surface area contributed by atoms with Crippen LogP contribution in [0.4, 0.5) is 4.39 Å². The molecule has 2 atom stereocenters. The number of hydrogen-bond acceptors (Lipinski definition) is 4. The van der Waals surface area contributed by atoms with Gasteiger partial charge in [-0.15, -0.1) is 0 Å². The maximum absolute atomic E-state index is 13.5. The summed E-state index contributed by atoms with van der Waals surface area (Å²) in [7, 11) is -3.77. The monoisotopic (exact) mass is 546 g/mol. The summed E-state index contributed by atoms with van der Waals surface area (Å²) in [5.74, 6) is -0.245. The van der Waals surface area contributed by atoms with Crippen molar-refractivity contribution in [1.29, 1.82) is 0 Å². The molecule has 0 spiro atoms. The zero-order valence-electron chi connectivity index (χ0n) is 20.1. The Hall–Kier alpha value is -2.39. The van der Waals surface area contributed by atoms with E-state index in [0.29, 0.717) is 23.0 Å². The maximum Gasteiger partial charge on any atom is 0.252 e. The Morgan fingerprint density at radius 2 is 1.75 bits per heavy atom. The fourth-order valence-electron chi connectivity index (χ4n) is 4.42. The summed E-state index contributed by atoms with van der Waals surface area (Å²) in [5, 5.41) is 3.40. The van der Waals surface area contributed by atoms with Gasteiger partial charge in [0.15, 0.2) is 0 Å². The summed E-state index contributed by atoms with van der Waals surface area (Å²) >= 11 is 7.47. The average Bonchev–Trinajstić information content (AvgIpc) is 2.83. The first-order valence-corrected chi connectivity index (χ1v) is 14.4. The Labute approximate surface area is 221 Å². The number of carbonyl (C=O) groups excluding carboxylic acids is 1. The van der Waals surface area contributed by atoms with Crippen LogP contribution >= 0.6 is 23.4 Å². The Balaban J connectivity index is 1.66. The van der Waals surface area contributed by atoms with Crippen molar-refractivity contribution < 1.29 is 17.6 Å². The van der Waals surface area contributed by atoms with Gasteiger partial charge in [-0.1, -0.05) is 55.4 Å². The molecular formula is C27H28ClFN2O3S2. The summed E-state index contributed by atoms with van der Waals surface area (Å²) in [4.78, 5) is 14.8. The van der Waals surface area contributed by atoms with Crippen molar-refractivity contribution in [3.05, 3.63) is 88.7 Å². The molecule has 9 heteroatoms. The van der Waals surface area contributed by atoms with Crippen LogP contribution < -0.4 is 5.32 Å². The van der Waals surface area contributed by atoms with E-state index in [1.807, 2.05) is 12.1 Å². The molecular weight excluding hydrogens is 519 g/mol. The van der Waals surface area contributed by atoms with E-state index in [1.54, 1.807) is 36.4 Å². The minimum atomic E-state index is -3.77. The number of hydrogen-bond donors (Lipinski definition) is 1. The van der Waals surface area contributed by atoms with Gasteiger partial charge in [-0.2, -0.15) is 4.31 Å². The number of rotatable bonds is 7. The standard InChI is InChI=1S/C27H28ClFN2O3S2/c1-18-12-19(2)17-31(16-18)36(33,34)24-10-11-26(35-23-5-3-4-21(28)13-23)25(14-24)27(32)30-15-20-6-8-22(29)9-7-20/h3-11,13-14,18-19H,12,15-17H2,1-2H3,(H,30,32)/t18-,19-/m0/s1. The topological polar surface area (TPSA) is 66.5 Å². The molecule has 5 nitrogen and oxygen atoms in total. The van der Waals surface area contributed by atoms with Gasteiger partial charge in [0.25, 0.3) is 5.91 Å². The van der Waals surface area contributed by atoms with Crippen molar-refractivity contribution in [2.45, 2.75) is 41.5 Å². The molecule has 0 saturated carbocycles. The van der Waals surface area contributed by atoms with Crippen LogP contribution in [0.15, 0.2) is 81.4 Å². The number of carbonyl (C=O) groups is 1. The highest BCUT2D eigenvalue weighted by Gasteiger charge is 2.32. The van der Waals surface area contributed by atoms with Crippen molar-refractivity contribution >= 4 is 39.3 Å². The fraction of sp³-hybridized carbons (Fsp3) is 0.296. The lowest BCUT2D eigenvalue weighted by Crippen LogP contribution is -2.42. The molecule has 4 rings (SSSR count). The van der Waals surface area contributed by atoms with Gasteiger partial charge in [0.05, 0.1) is 10.5 Å². The van der Waals surface area contributed by atoms with E-state index in [9.17, 15) is 17.6 Å². The molecule has 0 aliphatic carbocycles. The number of nitrogens with zero attached hydrogens (tertiary/aromatic N) is 1. The second kappa shape index (κ2) is 11.3. The first-order valence-electron chi connectivity index (χ1n) is 11.7. The molecule has 0 radical (unpaired) electrons. The Kier molecular flexibility index (Phi) is 8.40. The second-order valence-electron chi connectivity index (χ2n) is 9.29. The minimum Gasteiger partial charge on any atom is -0.348 e. The predicted molar refractivity (Wildman–Crippen MR) is 141 cm³/mol. The van der Waals surface area contributed by atoms with E-state index in [0.717, 1.165) is 16.9 Å². The molecule has 0 unspecified atom stereocenters. The minimum absolute atomic E-state index is 0.0891. The number of benzene rings is 3. The lowest BCUT2D eigenvalue weighted by atomic mass is 9.94. The highest BCUT2D eigenvalue weighted by molar-refractivity contribution is 7.99. The van der Waals surface area contributed by atoms with Gasteiger partial charge in [0.1, 0.15) is 5.82 Å². The number of halogens is 2. The van der Waals surface area contributed by atoms with E-state index in [1.165, 1.54) is 34.3 Å². The molecule has 3 aromatic rings. The largest absolute Gasteiger partial charge is 0.348 e. The number of piperidine rings is 1. The van der Waals surface area contributed by atoms with Crippen LogP contribution in [0.2, 0.25) is 5.02 Å². The molecule has 1 aliphatic rings. The molecule has 1 saturated heterocycles. The summed E-state index contributed by atoms with van der Waals surface area (Å²) in [5.41, 5.74) is 0.982. The summed E-state index contributed by atoms with van der Waals surface area (Å²) < 4.78 is 41.8. The SMILES string of the molecule is C[C@H]1C[C@H](C)CN(S(=O)(=O)c2ccc(Sc3cccc(Cl)c3)c(C(=O)NCc3ccc(F)cc3)c2)C1. The van der Waals surface area contributed by atoms with Gasteiger partial charge in [0, 0.05) is 34.4 Å². The lowest BCUT2D eigenvalue weighted by molar-refractivity contribution is 0.0947. The highest BCUT2D eigenvalue weighted by Crippen LogP contribution is 2.34. The average molecular weight is 547 g/mol. The molecule has 1 amide bonds. The van der Waals surface area contributed by atoms with Crippen LogP contribution in [0, 0.1) is 17.7 Å². The fourth-order valence-corrected chi connectivity index (χ4v) is 7.37. The molecule has 0 bridgehead atoms. The maximum atomic E-state index is 13.5. The van der Waals surface area contributed by atoms with Crippen LogP contribution in [0.5, 0.6) is 0 Å². The third kappa shape index (κ3) is 6.48. The van der Waals surface area contributed by atoms with Crippen LogP contribution in [-0.2, 0) is 16.6 Å². The molecule has 1 N–H and O–H groups in total. The Bertz CT molecular complexity index is 1340.